The topological polar surface area (TPSA) is 146 Å². The number of phosphoric ester groups is 1. The molecule has 0 aliphatic carbocycles. The summed E-state index contributed by atoms with van der Waals surface area (Å²) in [6, 6.07) is 44.8. The Hall–Kier alpha value is -5.37. The van der Waals surface area contributed by atoms with Gasteiger partial charge in [-0.15, -0.1) is 0 Å². The molecule has 0 bridgehead atoms. The van der Waals surface area contributed by atoms with Gasteiger partial charge in [-0.05, 0) is 66.6 Å². The summed E-state index contributed by atoms with van der Waals surface area (Å²) in [6.07, 6.45) is 28.1. The summed E-state index contributed by atoms with van der Waals surface area (Å²) in [4.78, 5) is 31.0. The molecule has 0 spiro atoms. The average Bonchev–Trinajstić information content (AvgIpc) is 0.780. The van der Waals surface area contributed by atoms with Crippen LogP contribution in [0, 0.1) is 0 Å². The largest absolute Gasteiger partial charge is 0.588 e. The summed E-state index contributed by atoms with van der Waals surface area (Å²) >= 11 is 0. The van der Waals surface area contributed by atoms with Crippen LogP contribution in [0.4, 0.5) is 0 Å². The first-order valence-electron chi connectivity index (χ1n) is 37.2. The Balaban J connectivity index is 1.37. The van der Waals surface area contributed by atoms with E-state index in [1.165, 1.54) is 128 Å². The van der Waals surface area contributed by atoms with Crippen molar-refractivity contribution < 1.29 is 57.5 Å². The molecule has 1 heterocycles. The maximum atomic E-state index is 15.8. The van der Waals surface area contributed by atoms with Crippen molar-refractivity contribution in [2.24, 2.45) is 0 Å². The number of carbonyl (C=O) groups is 2. The van der Waals surface area contributed by atoms with Crippen LogP contribution in [0.2, 0.25) is 0 Å². The van der Waals surface area contributed by atoms with E-state index in [1.807, 2.05) is 103 Å². The summed E-state index contributed by atoms with van der Waals surface area (Å²) in [5, 5.41) is 3.26. The molecule has 0 radical (unpaired) electrons. The zero-order valence-electron chi connectivity index (χ0n) is 58.6. The lowest BCUT2D eigenvalue weighted by Gasteiger charge is -2.46. The van der Waals surface area contributed by atoms with Crippen LogP contribution in [0.25, 0.3) is 0 Å². The predicted octanol–water partition coefficient (Wildman–Crippen LogP) is 20.8. The second-order valence-corrected chi connectivity index (χ2v) is 27.1. The number of unbranched alkanes of at least 4 members (excludes halogenated alkanes) is 25. The number of rotatable bonds is 54. The van der Waals surface area contributed by atoms with E-state index in [0.717, 1.165) is 63.4 Å². The summed E-state index contributed by atoms with van der Waals surface area (Å²) in [7, 11) is -5.27. The highest BCUT2D eigenvalue weighted by molar-refractivity contribution is 7.49. The van der Waals surface area contributed by atoms with Gasteiger partial charge in [-0.2, -0.15) is 0 Å². The molecule has 0 unspecified atom stereocenters. The molecule has 7 atom stereocenters. The van der Waals surface area contributed by atoms with Crippen molar-refractivity contribution in [2.75, 3.05) is 26.9 Å². The molecule has 1 aliphatic heterocycles. The molecule has 1 fully saturated rings. The fourth-order valence-electron chi connectivity index (χ4n) is 12.4. The first-order chi connectivity index (χ1) is 46.7. The Morgan fingerprint density at radius 1 is 0.500 bits per heavy atom. The lowest BCUT2D eigenvalue weighted by molar-refractivity contribution is -0.219. The number of methoxy groups -OCH3 is 1. The number of nitrogens with one attached hydrogen (secondary N) is 1. The highest BCUT2D eigenvalue weighted by atomic mass is 31.2. The average molecular weight is 1320 g/mol. The van der Waals surface area contributed by atoms with Gasteiger partial charge in [0.2, 0.25) is 5.91 Å². The molecule has 5 aromatic carbocycles. The van der Waals surface area contributed by atoms with Crippen molar-refractivity contribution >= 4 is 19.7 Å². The van der Waals surface area contributed by atoms with E-state index in [2.05, 4.69) is 26.1 Å². The van der Waals surface area contributed by atoms with E-state index < -0.39 is 69.5 Å². The summed E-state index contributed by atoms with van der Waals surface area (Å²) < 4.78 is 83.6. The molecule has 0 aromatic heterocycles. The Kier molecular flexibility index (Phi) is 39.1. The van der Waals surface area contributed by atoms with Crippen molar-refractivity contribution in [2.45, 2.75) is 282 Å². The first kappa shape index (κ1) is 76.0. The molecular formula is C80H118NO12P. The maximum absolute atomic E-state index is 15.8. The SMILES string of the molecule is [2H]COC[C@H]1O[C@H](C(=O)OC(c2ccccc2)c2ccccc2)[C@H](NC(=O)C[C@@H](CCCCCCCCCCC)OCc2ccccc2)[C@@H](OCC[C@@H](CCCCCCCCCCC)OCCCCCCCCCCCC)[C@@H]1OP(=O)(Oc1ccccc1)Oc1ccccc1. The zero-order chi connectivity index (χ0) is 67.1. The quantitative estimate of drug-likeness (QED) is 0.0225. The number of ether oxygens (including phenoxy) is 6. The lowest BCUT2D eigenvalue weighted by atomic mass is 9.91. The fourth-order valence-corrected chi connectivity index (χ4v) is 13.8. The number of amides is 1. The zero-order valence-corrected chi connectivity index (χ0v) is 58.5. The van der Waals surface area contributed by atoms with Crippen molar-refractivity contribution in [1.29, 1.82) is 0 Å². The van der Waals surface area contributed by atoms with Crippen LogP contribution in [0.15, 0.2) is 152 Å². The molecule has 1 aliphatic rings. The molecule has 94 heavy (non-hydrogen) atoms. The van der Waals surface area contributed by atoms with Crippen LogP contribution in [0.1, 0.15) is 250 Å². The number of hydrogen-bond acceptors (Lipinski definition) is 12. The number of carbonyl (C=O) groups excluding carboxylic acids is 2. The van der Waals surface area contributed by atoms with E-state index in [0.29, 0.717) is 37.2 Å². The van der Waals surface area contributed by atoms with Crippen LogP contribution in [-0.4, -0.2) is 81.4 Å². The molecule has 13 nitrogen and oxygen atoms in total. The number of hydrogen-bond donors (Lipinski definition) is 1. The van der Waals surface area contributed by atoms with Crippen LogP contribution in [0.5, 0.6) is 11.5 Å². The van der Waals surface area contributed by atoms with E-state index in [9.17, 15) is 0 Å². The molecular weight excluding hydrogens is 1200 g/mol. The number of phosphoric acid groups is 1. The molecule has 1 N–H and O–H groups in total. The van der Waals surface area contributed by atoms with Gasteiger partial charge < -0.3 is 42.8 Å². The summed E-state index contributed by atoms with van der Waals surface area (Å²) in [5.41, 5.74) is 2.42. The number of benzene rings is 5. The Labute approximate surface area is 568 Å². The van der Waals surface area contributed by atoms with E-state index in [4.69, 9.17) is 43.4 Å². The molecule has 1 saturated heterocycles. The van der Waals surface area contributed by atoms with Gasteiger partial charge >= 0.3 is 13.8 Å². The summed E-state index contributed by atoms with van der Waals surface area (Å²) in [6.45, 7) is 7.45. The third-order valence-corrected chi connectivity index (χ3v) is 19.1. The second-order valence-electron chi connectivity index (χ2n) is 25.7. The molecule has 5 aromatic rings. The third-order valence-electron chi connectivity index (χ3n) is 17.7. The van der Waals surface area contributed by atoms with E-state index >= 15 is 14.2 Å². The number of para-hydroxylation sites is 2. The maximum Gasteiger partial charge on any atom is 0.588 e. The van der Waals surface area contributed by atoms with E-state index in [-0.39, 0.29) is 37.2 Å². The minimum absolute atomic E-state index is 0.0528. The monoisotopic (exact) mass is 1320 g/mol. The van der Waals surface area contributed by atoms with Gasteiger partial charge in [0.05, 0.1) is 39.3 Å². The Morgan fingerprint density at radius 2 is 0.936 bits per heavy atom. The third kappa shape index (κ3) is 31.2. The van der Waals surface area contributed by atoms with Crippen molar-refractivity contribution in [3.05, 3.63) is 168 Å². The normalized spacial score (nSPS) is 17.3. The number of esters is 1. The van der Waals surface area contributed by atoms with Crippen LogP contribution in [-0.2, 0) is 53.7 Å². The Bertz CT molecular complexity index is 2650. The smallest absolute Gasteiger partial charge is 0.451 e. The van der Waals surface area contributed by atoms with Crippen molar-refractivity contribution in [1.82, 2.24) is 5.32 Å². The molecule has 1 amide bonds. The minimum Gasteiger partial charge on any atom is -0.451 e. The van der Waals surface area contributed by atoms with Gasteiger partial charge in [-0.25, -0.2) is 9.36 Å². The van der Waals surface area contributed by atoms with Crippen LogP contribution < -0.4 is 14.4 Å². The standard InChI is InChI=1S/C80H118NO12P/c1-5-8-11-14-17-20-23-26-29-47-61-86-69(54-41-27-24-21-18-15-12-9-6-2)60-62-87-78-75(81-74(82)63-72(88-64-66-48-35-30-36-49-66)59-42-28-25-22-19-16-13-10-7-3)79(80(83)90-76(67-50-37-31-38-51-67)68-52-39-32-40-53-68)89-73(65-85-4)77(78)93-94(84,91-70-55-43-33-44-56-70)92-71-57-45-34-46-58-71/h30-40,43-46,48-53,55-58,69,72-73,75-79H,5-29,41-42,47,54,59-65H2,1-4H3,(H,81,82)/t69-,72-,73-,75-,77-,78-,79+/m1/s1/i4D. The minimum atomic E-state index is -4.79. The van der Waals surface area contributed by atoms with Gasteiger partial charge in [0, 0.05) is 20.3 Å². The van der Waals surface area contributed by atoms with E-state index in [1.54, 1.807) is 48.5 Å². The second kappa shape index (κ2) is 48.3. The highest BCUT2D eigenvalue weighted by Gasteiger charge is 2.55. The van der Waals surface area contributed by atoms with Gasteiger partial charge in [0.25, 0.3) is 0 Å². The molecule has 0 saturated carbocycles. The first-order valence-corrected chi connectivity index (χ1v) is 38.0. The van der Waals surface area contributed by atoms with Crippen LogP contribution >= 0.6 is 7.82 Å². The van der Waals surface area contributed by atoms with Gasteiger partial charge in [-0.1, -0.05) is 322 Å². The lowest BCUT2D eigenvalue weighted by Crippen LogP contribution is -2.67. The Morgan fingerprint density at radius 3 is 1.41 bits per heavy atom. The van der Waals surface area contributed by atoms with Gasteiger partial charge in [-0.3, -0.25) is 9.32 Å². The van der Waals surface area contributed by atoms with Crippen LogP contribution in [0.3, 0.4) is 0 Å². The van der Waals surface area contributed by atoms with Crippen molar-refractivity contribution in [3.63, 3.8) is 0 Å². The van der Waals surface area contributed by atoms with Gasteiger partial charge in [0.1, 0.15) is 29.8 Å². The predicted molar refractivity (Wildman–Crippen MR) is 379 cm³/mol. The highest BCUT2D eigenvalue weighted by Crippen LogP contribution is 2.52. The fraction of sp³-hybridized carbons (Fsp3) is 0.600. The van der Waals surface area contributed by atoms with Crippen molar-refractivity contribution in [3.8, 4) is 11.5 Å². The van der Waals surface area contributed by atoms with Gasteiger partial charge in [0.15, 0.2) is 12.2 Å². The molecule has 520 valence electrons. The summed E-state index contributed by atoms with van der Waals surface area (Å²) in [5.74, 6) is -0.818. The molecule has 6 rings (SSSR count). The molecule has 14 heteroatoms.